The van der Waals surface area contributed by atoms with E-state index in [-0.39, 0.29) is 17.1 Å². The highest BCUT2D eigenvalue weighted by molar-refractivity contribution is 5.99. The fraction of sp³-hybridized carbons (Fsp3) is 0.588. The SMILES string of the molecule is COc1cc(OC)c(C(=O)CC2CCCCC2)c(F)c1C. The van der Waals surface area contributed by atoms with Crippen molar-refractivity contribution in [2.75, 3.05) is 14.2 Å². The first-order chi connectivity index (χ1) is 10.1. The minimum absolute atomic E-state index is 0.0707. The van der Waals surface area contributed by atoms with Crippen molar-refractivity contribution in [3.05, 3.63) is 23.0 Å². The van der Waals surface area contributed by atoms with Crippen LogP contribution < -0.4 is 9.47 Å². The molecule has 1 saturated carbocycles. The second-order valence-electron chi connectivity index (χ2n) is 5.73. The smallest absolute Gasteiger partial charge is 0.169 e. The lowest BCUT2D eigenvalue weighted by Gasteiger charge is -2.21. The van der Waals surface area contributed by atoms with E-state index >= 15 is 0 Å². The van der Waals surface area contributed by atoms with Gasteiger partial charge in [-0.1, -0.05) is 32.1 Å². The predicted octanol–water partition coefficient (Wildman–Crippen LogP) is 4.30. The first-order valence-corrected chi connectivity index (χ1v) is 7.52. The van der Waals surface area contributed by atoms with E-state index in [1.165, 1.54) is 33.5 Å². The number of carbonyl (C=O) groups excluding carboxylic acids is 1. The summed E-state index contributed by atoms with van der Waals surface area (Å²) in [4.78, 5) is 12.5. The molecule has 1 aliphatic rings. The average molecular weight is 294 g/mol. The van der Waals surface area contributed by atoms with Crippen molar-refractivity contribution in [2.45, 2.75) is 45.4 Å². The number of hydrogen-bond acceptors (Lipinski definition) is 3. The van der Waals surface area contributed by atoms with E-state index in [4.69, 9.17) is 9.47 Å². The van der Waals surface area contributed by atoms with E-state index in [2.05, 4.69) is 0 Å². The van der Waals surface area contributed by atoms with Crippen molar-refractivity contribution < 1.29 is 18.7 Å². The molecule has 0 unspecified atom stereocenters. The zero-order valence-corrected chi connectivity index (χ0v) is 13.0. The molecule has 0 heterocycles. The van der Waals surface area contributed by atoms with Gasteiger partial charge in [0.1, 0.15) is 17.3 Å². The van der Waals surface area contributed by atoms with E-state index in [1.54, 1.807) is 13.0 Å². The van der Waals surface area contributed by atoms with Gasteiger partial charge in [-0.2, -0.15) is 0 Å². The molecule has 3 nitrogen and oxygen atoms in total. The fourth-order valence-electron chi connectivity index (χ4n) is 3.09. The Labute approximate surface area is 125 Å². The Bertz CT molecular complexity index is 519. The van der Waals surface area contributed by atoms with Gasteiger partial charge in [0.05, 0.1) is 19.8 Å². The highest BCUT2D eigenvalue weighted by atomic mass is 19.1. The molecule has 1 aromatic carbocycles. The number of Topliss-reactive ketones (excluding diaryl/α,β-unsaturated/α-hetero) is 1. The molecule has 1 aromatic rings. The second kappa shape index (κ2) is 6.92. The summed E-state index contributed by atoms with van der Waals surface area (Å²) in [5.74, 6) is 0.348. The summed E-state index contributed by atoms with van der Waals surface area (Å²) in [5.41, 5.74) is 0.423. The number of methoxy groups -OCH3 is 2. The van der Waals surface area contributed by atoms with Crippen molar-refractivity contribution in [1.29, 1.82) is 0 Å². The molecule has 116 valence electrons. The Kier molecular flexibility index (Phi) is 5.21. The largest absolute Gasteiger partial charge is 0.496 e. The zero-order valence-electron chi connectivity index (χ0n) is 13.0. The molecular weight excluding hydrogens is 271 g/mol. The summed E-state index contributed by atoms with van der Waals surface area (Å²) in [5, 5.41) is 0. The van der Waals surface area contributed by atoms with Crippen molar-refractivity contribution in [1.82, 2.24) is 0 Å². The van der Waals surface area contributed by atoms with Crippen molar-refractivity contribution in [3.63, 3.8) is 0 Å². The van der Waals surface area contributed by atoms with Gasteiger partial charge in [-0.3, -0.25) is 4.79 Å². The number of rotatable bonds is 5. The van der Waals surface area contributed by atoms with Crippen LogP contribution in [0.15, 0.2) is 6.07 Å². The maximum Gasteiger partial charge on any atom is 0.169 e. The van der Waals surface area contributed by atoms with Crippen LogP contribution in [0.3, 0.4) is 0 Å². The summed E-state index contributed by atoms with van der Waals surface area (Å²) in [6, 6.07) is 1.59. The number of benzene rings is 1. The molecular formula is C17H23FO3. The highest BCUT2D eigenvalue weighted by Crippen LogP contribution is 2.35. The van der Waals surface area contributed by atoms with E-state index in [0.29, 0.717) is 23.7 Å². The van der Waals surface area contributed by atoms with Gasteiger partial charge in [0, 0.05) is 18.1 Å². The van der Waals surface area contributed by atoms with Gasteiger partial charge in [0.25, 0.3) is 0 Å². The summed E-state index contributed by atoms with van der Waals surface area (Å²) >= 11 is 0. The Morgan fingerprint density at radius 2 is 1.81 bits per heavy atom. The fourth-order valence-corrected chi connectivity index (χ4v) is 3.09. The molecule has 4 heteroatoms. The minimum Gasteiger partial charge on any atom is -0.496 e. The molecule has 0 atom stereocenters. The Morgan fingerprint density at radius 1 is 1.19 bits per heavy atom. The van der Waals surface area contributed by atoms with Crippen LogP contribution in [-0.4, -0.2) is 20.0 Å². The standard InChI is InChI=1S/C17H23FO3/c1-11-14(20-2)10-15(21-3)16(17(11)18)13(19)9-12-7-5-4-6-8-12/h10,12H,4-9H2,1-3H3. The molecule has 1 aliphatic carbocycles. The lowest BCUT2D eigenvalue weighted by molar-refractivity contribution is 0.0942. The molecule has 0 bridgehead atoms. The molecule has 0 radical (unpaired) electrons. The van der Waals surface area contributed by atoms with Crippen LogP contribution >= 0.6 is 0 Å². The van der Waals surface area contributed by atoms with Crippen molar-refractivity contribution in [3.8, 4) is 11.5 Å². The number of halogens is 1. The molecule has 0 N–H and O–H groups in total. The quantitative estimate of drug-likeness (QED) is 0.759. The van der Waals surface area contributed by atoms with Crippen LogP contribution in [0.4, 0.5) is 4.39 Å². The Balaban J connectivity index is 2.28. The summed E-state index contributed by atoms with van der Waals surface area (Å²) in [6.07, 6.45) is 6.09. The maximum atomic E-state index is 14.5. The van der Waals surface area contributed by atoms with Gasteiger partial charge >= 0.3 is 0 Å². The number of ketones is 1. The second-order valence-corrected chi connectivity index (χ2v) is 5.73. The lowest BCUT2D eigenvalue weighted by atomic mass is 9.84. The van der Waals surface area contributed by atoms with Crippen molar-refractivity contribution in [2.24, 2.45) is 5.92 Å². The van der Waals surface area contributed by atoms with Gasteiger partial charge in [-0.25, -0.2) is 4.39 Å². The van der Waals surface area contributed by atoms with E-state index < -0.39 is 5.82 Å². The van der Waals surface area contributed by atoms with Crippen LogP contribution in [-0.2, 0) is 0 Å². The zero-order chi connectivity index (χ0) is 15.4. The molecule has 1 fully saturated rings. The number of carbonyl (C=O) groups is 1. The summed E-state index contributed by atoms with van der Waals surface area (Å²) < 4.78 is 24.8. The maximum absolute atomic E-state index is 14.5. The van der Waals surface area contributed by atoms with Crippen LogP contribution in [0.2, 0.25) is 0 Å². The molecule has 0 spiro atoms. The molecule has 0 aliphatic heterocycles. The van der Waals surface area contributed by atoms with Gasteiger partial charge in [0.2, 0.25) is 0 Å². The van der Waals surface area contributed by atoms with E-state index in [9.17, 15) is 9.18 Å². The number of ether oxygens (including phenoxy) is 2. The van der Waals surface area contributed by atoms with Crippen LogP contribution in [0.1, 0.15) is 54.4 Å². The van der Waals surface area contributed by atoms with Gasteiger partial charge in [-0.05, 0) is 12.8 Å². The summed E-state index contributed by atoms with van der Waals surface area (Å²) in [6.45, 7) is 1.62. The number of hydrogen-bond donors (Lipinski definition) is 0. The highest BCUT2D eigenvalue weighted by Gasteiger charge is 2.25. The third kappa shape index (κ3) is 3.36. The molecule has 0 aromatic heterocycles. The van der Waals surface area contributed by atoms with Gasteiger partial charge in [-0.15, -0.1) is 0 Å². The molecule has 21 heavy (non-hydrogen) atoms. The van der Waals surface area contributed by atoms with E-state index in [0.717, 1.165) is 12.8 Å². The molecule has 0 saturated heterocycles. The minimum atomic E-state index is -0.521. The normalized spacial score (nSPS) is 15.8. The Hall–Kier alpha value is -1.58. The monoisotopic (exact) mass is 294 g/mol. The van der Waals surface area contributed by atoms with Crippen LogP contribution in [0.5, 0.6) is 11.5 Å². The van der Waals surface area contributed by atoms with Gasteiger partial charge in [0.15, 0.2) is 5.78 Å². The van der Waals surface area contributed by atoms with Gasteiger partial charge < -0.3 is 9.47 Å². The lowest BCUT2D eigenvalue weighted by Crippen LogP contribution is -2.15. The predicted molar refractivity (Wildman–Crippen MR) is 79.8 cm³/mol. The average Bonchev–Trinajstić information content (AvgIpc) is 2.50. The third-order valence-electron chi connectivity index (χ3n) is 4.34. The first-order valence-electron chi connectivity index (χ1n) is 7.52. The van der Waals surface area contributed by atoms with Crippen molar-refractivity contribution >= 4 is 5.78 Å². The molecule has 0 amide bonds. The summed E-state index contributed by atoms with van der Waals surface area (Å²) in [7, 11) is 2.92. The third-order valence-corrected chi connectivity index (χ3v) is 4.34. The molecule has 2 rings (SSSR count). The first kappa shape index (κ1) is 15.8. The van der Waals surface area contributed by atoms with Crippen LogP contribution in [0.25, 0.3) is 0 Å². The van der Waals surface area contributed by atoms with E-state index in [1.807, 2.05) is 0 Å². The van der Waals surface area contributed by atoms with Crippen LogP contribution in [0, 0.1) is 18.7 Å². The topological polar surface area (TPSA) is 35.5 Å². The Morgan fingerprint density at radius 3 is 2.38 bits per heavy atom.